The van der Waals surface area contributed by atoms with E-state index in [0.29, 0.717) is 6.04 Å². The molecule has 1 atom stereocenters. The van der Waals surface area contributed by atoms with E-state index in [1.54, 1.807) is 0 Å². The van der Waals surface area contributed by atoms with E-state index < -0.39 is 5.60 Å². The number of rotatable bonds is 7. The Balaban J connectivity index is 1.97. The summed E-state index contributed by atoms with van der Waals surface area (Å²) in [5, 5.41) is 9.80. The highest BCUT2D eigenvalue weighted by Gasteiger charge is 2.28. The molecule has 0 spiro atoms. The normalized spacial score (nSPS) is 18.4. The second kappa shape index (κ2) is 7.96. The third-order valence-corrected chi connectivity index (χ3v) is 4.76. The molecule has 1 heterocycles. The first-order valence-corrected chi connectivity index (χ1v) is 9.03. The SMILES string of the molecule is CCCC[C@H]1CCCN1C(=O)c1ccc(CCC(C)(C)O)cc1. The van der Waals surface area contributed by atoms with Crippen molar-refractivity contribution in [3.8, 4) is 0 Å². The maximum absolute atomic E-state index is 12.7. The molecule has 1 N–H and O–H groups in total. The molecular formula is C20H31NO2. The van der Waals surface area contributed by atoms with Crippen LogP contribution in [0.25, 0.3) is 0 Å². The zero-order valence-corrected chi connectivity index (χ0v) is 14.8. The van der Waals surface area contributed by atoms with Gasteiger partial charge in [-0.3, -0.25) is 4.79 Å². The number of unbranched alkanes of at least 4 members (excludes halogenated alkanes) is 1. The van der Waals surface area contributed by atoms with Crippen LogP contribution in [-0.4, -0.2) is 34.1 Å². The minimum Gasteiger partial charge on any atom is -0.390 e. The zero-order chi connectivity index (χ0) is 16.9. The van der Waals surface area contributed by atoms with E-state index in [1.807, 2.05) is 38.1 Å². The smallest absolute Gasteiger partial charge is 0.254 e. The van der Waals surface area contributed by atoms with Crippen molar-refractivity contribution in [1.82, 2.24) is 4.90 Å². The highest BCUT2D eigenvalue weighted by Crippen LogP contribution is 2.24. The quantitative estimate of drug-likeness (QED) is 0.819. The highest BCUT2D eigenvalue weighted by molar-refractivity contribution is 5.94. The van der Waals surface area contributed by atoms with Crippen LogP contribution in [0.5, 0.6) is 0 Å². The topological polar surface area (TPSA) is 40.5 Å². The first-order valence-electron chi connectivity index (χ1n) is 9.03. The molecule has 0 aromatic heterocycles. The predicted molar refractivity (Wildman–Crippen MR) is 94.6 cm³/mol. The number of hydrogen-bond acceptors (Lipinski definition) is 2. The van der Waals surface area contributed by atoms with E-state index in [1.165, 1.54) is 18.4 Å². The van der Waals surface area contributed by atoms with Crippen molar-refractivity contribution < 1.29 is 9.90 Å². The predicted octanol–water partition coefficient (Wildman–Crippen LogP) is 4.18. The van der Waals surface area contributed by atoms with Crippen LogP contribution in [0.2, 0.25) is 0 Å². The maximum Gasteiger partial charge on any atom is 0.254 e. The van der Waals surface area contributed by atoms with Crippen molar-refractivity contribution in [2.24, 2.45) is 0 Å². The number of aryl methyl sites for hydroxylation is 1. The summed E-state index contributed by atoms with van der Waals surface area (Å²) >= 11 is 0. The minimum absolute atomic E-state index is 0.178. The molecule has 1 saturated heterocycles. The number of aliphatic hydroxyl groups is 1. The van der Waals surface area contributed by atoms with Gasteiger partial charge in [-0.25, -0.2) is 0 Å². The van der Waals surface area contributed by atoms with Gasteiger partial charge in [0.1, 0.15) is 0 Å². The van der Waals surface area contributed by atoms with Crippen LogP contribution in [0.15, 0.2) is 24.3 Å². The van der Waals surface area contributed by atoms with Crippen molar-refractivity contribution >= 4 is 5.91 Å². The van der Waals surface area contributed by atoms with Crippen molar-refractivity contribution in [1.29, 1.82) is 0 Å². The first kappa shape index (κ1) is 18.0. The Bertz CT molecular complexity index is 501. The fourth-order valence-electron chi connectivity index (χ4n) is 3.27. The van der Waals surface area contributed by atoms with E-state index in [9.17, 15) is 9.90 Å². The molecule has 23 heavy (non-hydrogen) atoms. The Labute approximate surface area is 140 Å². The van der Waals surface area contributed by atoms with Gasteiger partial charge in [-0.05, 0) is 63.6 Å². The van der Waals surface area contributed by atoms with Gasteiger partial charge >= 0.3 is 0 Å². The number of nitrogens with zero attached hydrogens (tertiary/aromatic N) is 1. The van der Waals surface area contributed by atoms with Crippen LogP contribution in [0.4, 0.5) is 0 Å². The molecule has 0 unspecified atom stereocenters. The molecule has 1 aliphatic heterocycles. The average Bonchev–Trinajstić information content (AvgIpc) is 2.98. The molecule has 0 radical (unpaired) electrons. The van der Waals surface area contributed by atoms with Crippen molar-refractivity contribution in [2.45, 2.75) is 77.4 Å². The van der Waals surface area contributed by atoms with Gasteiger partial charge < -0.3 is 10.0 Å². The molecule has 1 amide bonds. The maximum atomic E-state index is 12.7. The van der Waals surface area contributed by atoms with Crippen LogP contribution in [0.1, 0.15) is 75.2 Å². The number of likely N-dealkylation sites (tertiary alicyclic amines) is 1. The Morgan fingerprint density at radius 1 is 1.30 bits per heavy atom. The van der Waals surface area contributed by atoms with Gasteiger partial charge in [0.15, 0.2) is 0 Å². The van der Waals surface area contributed by atoms with Gasteiger partial charge in [0.2, 0.25) is 0 Å². The largest absolute Gasteiger partial charge is 0.390 e. The van der Waals surface area contributed by atoms with E-state index in [0.717, 1.165) is 44.2 Å². The minimum atomic E-state index is -0.642. The Kier molecular flexibility index (Phi) is 6.23. The highest BCUT2D eigenvalue weighted by atomic mass is 16.3. The van der Waals surface area contributed by atoms with E-state index in [2.05, 4.69) is 11.8 Å². The first-order chi connectivity index (χ1) is 10.9. The molecular weight excluding hydrogens is 286 g/mol. The Morgan fingerprint density at radius 2 is 2.00 bits per heavy atom. The van der Waals surface area contributed by atoms with Crippen LogP contribution in [0, 0.1) is 0 Å². The van der Waals surface area contributed by atoms with E-state index in [-0.39, 0.29) is 5.91 Å². The van der Waals surface area contributed by atoms with Gasteiger partial charge in [0.05, 0.1) is 5.60 Å². The second-order valence-electron chi connectivity index (χ2n) is 7.45. The van der Waals surface area contributed by atoms with E-state index in [4.69, 9.17) is 0 Å². The van der Waals surface area contributed by atoms with Crippen molar-refractivity contribution in [3.63, 3.8) is 0 Å². The summed E-state index contributed by atoms with van der Waals surface area (Å²) in [4.78, 5) is 14.8. The number of carbonyl (C=O) groups is 1. The monoisotopic (exact) mass is 317 g/mol. The third kappa shape index (κ3) is 5.35. The van der Waals surface area contributed by atoms with E-state index >= 15 is 0 Å². The van der Waals surface area contributed by atoms with Crippen molar-refractivity contribution in [3.05, 3.63) is 35.4 Å². The molecule has 0 saturated carbocycles. The summed E-state index contributed by atoms with van der Waals surface area (Å²) < 4.78 is 0. The molecule has 0 bridgehead atoms. The van der Waals surface area contributed by atoms with Gasteiger partial charge in [0.25, 0.3) is 5.91 Å². The molecule has 3 heteroatoms. The second-order valence-corrected chi connectivity index (χ2v) is 7.45. The molecule has 2 rings (SSSR count). The van der Waals surface area contributed by atoms with Gasteiger partial charge in [-0.15, -0.1) is 0 Å². The summed E-state index contributed by atoms with van der Waals surface area (Å²) in [7, 11) is 0. The molecule has 1 fully saturated rings. The lowest BCUT2D eigenvalue weighted by Crippen LogP contribution is -2.35. The summed E-state index contributed by atoms with van der Waals surface area (Å²) in [5.41, 5.74) is 1.32. The fraction of sp³-hybridized carbons (Fsp3) is 0.650. The number of amides is 1. The number of hydrogen-bond donors (Lipinski definition) is 1. The Morgan fingerprint density at radius 3 is 2.61 bits per heavy atom. The summed E-state index contributed by atoms with van der Waals surface area (Å²) in [6, 6.07) is 8.36. The molecule has 1 aliphatic rings. The lowest BCUT2D eigenvalue weighted by Gasteiger charge is -2.25. The van der Waals surface area contributed by atoms with Crippen LogP contribution >= 0.6 is 0 Å². The lowest BCUT2D eigenvalue weighted by atomic mass is 9.98. The van der Waals surface area contributed by atoms with Crippen molar-refractivity contribution in [2.75, 3.05) is 6.54 Å². The van der Waals surface area contributed by atoms with Gasteiger partial charge in [-0.2, -0.15) is 0 Å². The van der Waals surface area contributed by atoms with Gasteiger partial charge in [-0.1, -0.05) is 31.9 Å². The average molecular weight is 317 g/mol. The number of benzene rings is 1. The lowest BCUT2D eigenvalue weighted by molar-refractivity contribution is 0.0709. The molecule has 1 aromatic rings. The molecule has 3 nitrogen and oxygen atoms in total. The fourth-order valence-corrected chi connectivity index (χ4v) is 3.27. The summed E-state index contributed by atoms with van der Waals surface area (Å²) in [6.07, 6.45) is 7.36. The molecule has 1 aromatic carbocycles. The van der Waals surface area contributed by atoms with Crippen LogP contribution in [0.3, 0.4) is 0 Å². The molecule has 128 valence electrons. The third-order valence-electron chi connectivity index (χ3n) is 4.76. The van der Waals surface area contributed by atoms with Gasteiger partial charge in [0, 0.05) is 18.2 Å². The zero-order valence-electron chi connectivity index (χ0n) is 14.8. The van der Waals surface area contributed by atoms with Crippen LogP contribution in [-0.2, 0) is 6.42 Å². The van der Waals surface area contributed by atoms with Crippen LogP contribution < -0.4 is 0 Å². The summed E-state index contributed by atoms with van der Waals surface area (Å²) in [5.74, 6) is 0.178. The summed E-state index contributed by atoms with van der Waals surface area (Å²) in [6.45, 7) is 6.75. The number of carbonyl (C=O) groups excluding carboxylic acids is 1. The standard InChI is InChI=1S/C20H31NO2/c1-4-5-7-18-8-6-15-21(18)19(22)17-11-9-16(10-12-17)13-14-20(2,3)23/h9-12,18,23H,4-8,13-15H2,1-3H3/t18-/m0/s1. The molecule has 0 aliphatic carbocycles. The Hall–Kier alpha value is -1.35.